The van der Waals surface area contributed by atoms with Crippen LogP contribution in [0.3, 0.4) is 0 Å². The summed E-state index contributed by atoms with van der Waals surface area (Å²) in [7, 11) is 1.61. The van der Waals surface area contributed by atoms with E-state index in [9.17, 15) is 9.59 Å². The first-order valence-corrected chi connectivity index (χ1v) is 8.75. The van der Waals surface area contributed by atoms with E-state index in [0.717, 1.165) is 39.8 Å². The molecule has 1 saturated heterocycles. The summed E-state index contributed by atoms with van der Waals surface area (Å²) in [6.45, 7) is 4.24. The zero-order valence-corrected chi connectivity index (χ0v) is 15.2. The molecule has 0 bridgehead atoms. The van der Waals surface area contributed by atoms with Crippen LogP contribution in [0.5, 0.6) is 5.75 Å². The monoisotopic (exact) mass is 353 g/mol. The summed E-state index contributed by atoms with van der Waals surface area (Å²) in [5.41, 5.74) is 3.91. The second-order valence-electron chi connectivity index (χ2n) is 5.99. The third kappa shape index (κ3) is 3.77. The number of aryl methyl sites for hydroxylation is 2. The van der Waals surface area contributed by atoms with Crippen molar-refractivity contribution in [3.63, 3.8) is 0 Å². The number of hydrogen-bond acceptors (Lipinski definition) is 4. The molecule has 2 aromatic rings. The molecular formula is C20H19NO3S. The van der Waals surface area contributed by atoms with Gasteiger partial charge in [-0.3, -0.25) is 14.5 Å². The van der Waals surface area contributed by atoms with E-state index in [1.165, 1.54) is 4.90 Å². The number of rotatable bonds is 4. The molecule has 0 aromatic heterocycles. The van der Waals surface area contributed by atoms with Crippen molar-refractivity contribution >= 4 is 29.0 Å². The summed E-state index contributed by atoms with van der Waals surface area (Å²) < 4.78 is 5.31. The second kappa shape index (κ2) is 7.15. The Hall–Kier alpha value is -2.53. The molecule has 0 saturated carbocycles. The van der Waals surface area contributed by atoms with Gasteiger partial charge in [-0.25, -0.2) is 0 Å². The molecule has 1 aliphatic rings. The van der Waals surface area contributed by atoms with Crippen LogP contribution in [0.15, 0.2) is 47.4 Å². The zero-order valence-electron chi connectivity index (χ0n) is 14.4. The van der Waals surface area contributed by atoms with Gasteiger partial charge in [0.1, 0.15) is 5.75 Å². The Morgan fingerprint density at radius 3 is 2.64 bits per heavy atom. The predicted molar refractivity (Wildman–Crippen MR) is 100 cm³/mol. The molecule has 0 N–H and O–H groups in total. The highest BCUT2D eigenvalue weighted by Crippen LogP contribution is 2.34. The van der Waals surface area contributed by atoms with Crippen LogP contribution in [-0.4, -0.2) is 23.2 Å². The molecule has 128 valence electrons. The summed E-state index contributed by atoms with van der Waals surface area (Å²) in [6, 6.07) is 13.5. The Kier molecular flexibility index (Phi) is 4.95. The number of ether oxygens (including phenoxy) is 1. The number of hydrogen-bond donors (Lipinski definition) is 0. The third-order valence-corrected chi connectivity index (χ3v) is 4.93. The van der Waals surface area contributed by atoms with Gasteiger partial charge in [-0.05, 0) is 54.4 Å². The maximum atomic E-state index is 12.6. The van der Waals surface area contributed by atoms with Crippen molar-refractivity contribution in [3.8, 4) is 5.75 Å². The Morgan fingerprint density at radius 2 is 1.92 bits per heavy atom. The maximum Gasteiger partial charge on any atom is 0.293 e. The summed E-state index contributed by atoms with van der Waals surface area (Å²) in [6.07, 6.45) is 1.74. The van der Waals surface area contributed by atoms with E-state index in [1.54, 1.807) is 13.2 Å². The highest BCUT2D eigenvalue weighted by molar-refractivity contribution is 8.18. The first kappa shape index (κ1) is 17.3. The van der Waals surface area contributed by atoms with Crippen LogP contribution < -0.4 is 4.74 Å². The maximum absolute atomic E-state index is 12.6. The molecule has 4 nitrogen and oxygen atoms in total. The normalized spacial score (nSPS) is 16.0. The fourth-order valence-corrected chi connectivity index (χ4v) is 3.55. The molecule has 2 aromatic carbocycles. The van der Waals surface area contributed by atoms with Crippen LogP contribution in [-0.2, 0) is 11.3 Å². The number of nitrogens with zero attached hydrogens (tertiary/aromatic N) is 1. The van der Waals surface area contributed by atoms with Gasteiger partial charge in [-0.1, -0.05) is 42.0 Å². The van der Waals surface area contributed by atoms with E-state index >= 15 is 0 Å². The van der Waals surface area contributed by atoms with Crippen molar-refractivity contribution < 1.29 is 14.3 Å². The van der Waals surface area contributed by atoms with Crippen LogP contribution in [0.2, 0.25) is 0 Å². The number of thioether (sulfide) groups is 1. The molecule has 0 aliphatic carbocycles. The lowest BCUT2D eigenvalue weighted by Gasteiger charge is -2.12. The Bertz CT molecular complexity index is 873. The van der Waals surface area contributed by atoms with Crippen LogP contribution >= 0.6 is 11.8 Å². The van der Waals surface area contributed by atoms with Crippen molar-refractivity contribution in [2.24, 2.45) is 0 Å². The van der Waals surface area contributed by atoms with Crippen molar-refractivity contribution in [2.45, 2.75) is 20.4 Å². The van der Waals surface area contributed by atoms with Crippen LogP contribution in [0.1, 0.15) is 22.3 Å². The molecule has 0 unspecified atom stereocenters. The minimum absolute atomic E-state index is 0.239. The standard InChI is InChI=1S/C20H19NO3S/c1-13-5-4-6-16(9-13)12-21-19(22)18(25-20(21)23)11-15-8-7-14(2)17(10-15)24-3/h4-11H,12H2,1-3H3/b18-11-. The predicted octanol–water partition coefficient (Wildman–Crippen LogP) is 4.55. The molecule has 5 heteroatoms. The van der Waals surface area contributed by atoms with Gasteiger partial charge in [0.2, 0.25) is 0 Å². The molecule has 1 heterocycles. The largest absolute Gasteiger partial charge is 0.496 e. The summed E-state index contributed by atoms with van der Waals surface area (Å²) in [4.78, 5) is 26.6. The van der Waals surface area contributed by atoms with Gasteiger partial charge in [0, 0.05) is 0 Å². The average molecular weight is 353 g/mol. The van der Waals surface area contributed by atoms with Gasteiger partial charge in [-0.2, -0.15) is 0 Å². The topological polar surface area (TPSA) is 46.6 Å². The molecular weight excluding hydrogens is 334 g/mol. The van der Waals surface area contributed by atoms with Crippen molar-refractivity contribution in [1.29, 1.82) is 0 Å². The fourth-order valence-electron chi connectivity index (χ4n) is 2.71. The quantitative estimate of drug-likeness (QED) is 0.757. The molecule has 0 spiro atoms. The number of amides is 2. The number of methoxy groups -OCH3 is 1. The Balaban J connectivity index is 1.83. The lowest BCUT2D eigenvalue weighted by molar-refractivity contribution is -0.123. The molecule has 1 fully saturated rings. The van der Waals surface area contributed by atoms with E-state index in [4.69, 9.17) is 4.74 Å². The summed E-state index contributed by atoms with van der Waals surface area (Å²) in [5, 5.41) is -0.239. The van der Waals surface area contributed by atoms with Crippen LogP contribution in [0, 0.1) is 13.8 Å². The summed E-state index contributed by atoms with van der Waals surface area (Å²) in [5.74, 6) is 0.504. The van der Waals surface area contributed by atoms with Crippen molar-refractivity contribution in [1.82, 2.24) is 4.90 Å². The van der Waals surface area contributed by atoms with Gasteiger partial charge < -0.3 is 4.74 Å². The van der Waals surface area contributed by atoms with Gasteiger partial charge in [0.15, 0.2) is 0 Å². The Morgan fingerprint density at radius 1 is 1.12 bits per heavy atom. The molecule has 25 heavy (non-hydrogen) atoms. The van der Waals surface area contributed by atoms with E-state index in [2.05, 4.69) is 0 Å². The smallest absolute Gasteiger partial charge is 0.293 e. The van der Waals surface area contributed by atoms with Crippen LogP contribution in [0.25, 0.3) is 6.08 Å². The summed E-state index contributed by atoms with van der Waals surface area (Å²) >= 11 is 0.975. The molecule has 3 rings (SSSR count). The van der Waals surface area contributed by atoms with E-state index in [-0.39, 0.29) is 11.1 Å². The minimum atomic E-state index is -0.254. The molecule has 0 radical (unpaired) electrons. The number of carbonyl (C=O) groups excluding carboxylic acids is 2. The molecule has 0 atom stereocenters. The van der Waals surface area contributed by atoms with E-state index in [1.807, 2.05) is 56.3 Å². The molecule has 1 aliphatic heterocycles. The van der Waals surface area contributed by atoms with E-state index in [0.29, 0.717) is 11.4 Å². The lowest BCUT2D eigenvalue weighted by Crippen LogP contribution is -2.27. The van der Waals surface area contributed by atoms with Gasteiger partial charge >= 0.3 is 0 Å². The minimum Gasteiger partial charge on any atom is -0.496 e. The Labute approximate surface area is 151 Å². The first-order valence-electron chi connectivity index (χ1n) is 7.93. The van der Waals surface area contributed by atoms with Gasteiger partial charge in [0.25, 0.3) is 11.1 Å². The second-order valence-corrected chi connectivity index (χ2v) is 6.98. The van der Waals surface area contributed by atoms with Gasteiger partial charge in [0.05, 0.1) is 18.6 Å². The highest BCUT2D eigenvalue weighted by Gasteiger charge is 2.34. The van der Waals surface area contributed by atoms with Crippen molar-refractivity contribution in [2.75, 3.05) is 7.11 Å². The van der Waals surface area contributed by atoms with Crippen LogP contribution in [0.4, 0.5) is 4.79 Å². The van der Waals surface area contributed by atoms with E-state index < -0.39 is 0 Å². The number of carbonyl (C=O) groups is 2. The fraction of sp³-hybridized carbons (Fsp3) is 0.200. The molecule has 2 amide bonds. The van der Waals surface area contributed by atoms with Crippen molar-refractivity contribution in [3.05, 3.63) is 69.6 Å². The average Bonchev–Trinajstić information content (AvgIpc) is 2.84. The van der Waals surface area contributed by atoms with Gasteiger partial charge in [-0.15, -0.1) is 0 Å². The highest BCUT2D eigenvalue weighted by atomic mass is 32.2. The third-order valence-electron chi connectivity index (χ3n) is 4.03. The number of imide groups is 1. The number of benzene rings is 2. The lowest BCUT2D eigenvalue weighted by atomic mass is 10.1. The zero-order chi connectivity index (χ0) is 18.0. The SMILES string of the molecule is COc1cc(/C=C2\SC(=O)N(Cc3cccc(C)c3)C2=O)ccc1C. The first-order chi connectivity index (χ1) is 12.0.